The standard InChI is InChI=1S/C18H13NO4.C5H5N.2ClH/c1-19-8-10-5-15(21)16(22)6-12(10)11-3-2-9-4-14(20)17(23)7-13(9)18(11)19;1-2-4-6-5-3-1;;/h2-8H,1H3,(H3,20,21,22,23);1-5H;2*1H. The third-order valence-corrected chi connectivity index (χ3v) is 4.78. The quantitative estimate of drug-likeness (QED) is 0.159. The molecule has 0 amide bonds. The number of nitrogens with zero attached hydrogens (tertiary/aromatic N) is 2. The monoisotopic (exact) mass is 458 g/mol. The highest BCUT2D eigenvalue weighted by atomic mass is 35.5. The van der Waals surface area contributed by atoms with Crippen molar-refractivity contribution >= 4 is 44.9 Å². The van der Waals surface area contributed by atoms with Gasteiger partial charge in [0.25, 0.3) is 0 Å². The van der Waals surface area contributed by atoms with Gasteiger partial charge < -0.3 is 32.8 Å². The molecule has 31 heavy (non-hydrogen) atoms. The lowest BCUT2D eigenvalue weighted by Crippen LogP contribution is -3.00. The summed E-state index contributed by atoms with van der Waals surface area (Å²) in [6.45, 7) is 0. The van der Waals surface area contributed by atoms with Gasteiger partial charge >= 0.3 is 0 Å². The minimum Gasteiger partial charge on any atom is -1.00 e. The number of rotatable bonds is 0. The topological polar surface area (TPSA) is 97.7 Å². The zero-order valence-corrected chi connectivity index (χ0v) is 18.0. The van der Waals surface area contributed by atoms with Crippen LogP contribution in [-0.2, 0) is 7.05 Å². The van der Waals surface area contributed by atoms with Gasteiger partial charge in [-0.05, 0) is 47.9 Å². The molecule has 0 aliphatic carbocycles. The van der Waals surface area contributed by atoms with Crippen molar-refractivity contribution in [1.82, 2.24) is 4.98 Å². The number of fused-ring (bicyclic) bond motifs is 5. The average molecular weight is 459 g/mol. The van der Waals surface area contributed by atoms with Crippen molar-refractivity contribution in [2.45, 2.75) is 0 Å². The normalized spacial score (nSPS) is 10.1. The number of benzene rings is 3. The van der Waals surface area contributed by atoms with E-state index in [9.17, 15) is 20.4 Å². The number of phenolic OH excluding ortho intramolecular Hbond substituents is 4. The minimum atomic E-state index is -0.182. The fourth-order valence-electron chi connectivity index (χ4n) is 3.45. The molecule has 5 rings (SSSR count). The second-order valence-electron chi connectivity index (χ2n) is 6.72. The Bertz CT molecular complexity index is 1340. The van der Waals surface area contributed by atoms with Crippen LogP contribution in [0.3, 0.4) is 0 Å². The molecule has 0 saturated heterocycles. The maximum absolute atomic E-state index is 9.83. The lowest BCUT2D eigenvalue weighted by molar-refractivity contribution is -0.642. The Morgan fingerprint density at radius 2 is 1.23 bits per heavy atom. The Morgan fingerprint density at radius 1 is 0.677 bits per heavy atom. The molecule has 8 heteroatoms. The largest absolute Gasteiger partial charge is 1.00 e. The highest BCUT2D eigenvalue weighted by molar-refractivity contribution is 6.14. The van der Waals surface area contributed by atoms with Crippen molar-refractivity contribution in [2.24, 2.45) is 7.05 Å². The molecule has 0 radical (unpaired) electrons. The molecule has 2 heterocycles. The lowest BCUT2D eigenvalue weighted by Gasteiger charge is -2.08. The van der Waals surface area contributed by atoms with Gasteiger partial charge in [0, 0.05) is 17.8 Å². The van der Waals surface area contributed by atoms with Gasteiger partial charge in [0.1, 0.15) is 7.05 Å². The molecule has 160 valence electrons. The molecule has 0 saturated carbocycles. The molecule has 3 aromatic carbocycles. The number of pyridine rings is 2. The third kappa shape index (κ3) is 4.50. The second-order valence-corrected chi connectivity index (χ2v) is 6.72. The zero-order chi connectivity index (χ0) is 20.5. The van der Waals surface area contributed by atoms with Crippen LogP contribution in [0.2, 0.25) is 0 Å². The molecule has 2 aromatic heterocycles. The molecule has 0 spiro atoms. The summed E-state index contributed by atoms with van der Waals surface area (Å²) < 4.78 is 1.90. The number of aromatic hydroxyl groups is 4. The number of aryl methyl sites for hydroxylation is 1. The summed E-state index contributed by atoms with van der Waals surface area (Å²) in [5.74, 6) is -0.692. The van der Waals surface area contributed by atoms with Crippen LogP contribution >= 0.6 is 12.4 Å². The Hall–Kier alpha value is -3.48. The van der Waals surface area contributed by atoms with Gasteiger partial charge in [0.15, 0.2) is 29.2 Å². The minimum absolute atomic E-state index is 0. The first-order valence-corrected chi connectivity index (χ1v) is 8.93. The molecule has 0 aliphatic heterocycles. The predicted octanol–water partition coefficient (Wildman–Crippen LogP) is 1.30. The first-order valence-electron chi connectivity index (χ1n) is 8.93. The highest BCUT2D eigenvalue weighted by Gasteiger charge is 2.17. The summed E-state index contributed by atoms with van der Waals surface area (Å²) in [5, 5.41) is 43.1. The molecule has 4 N–H and O–H groups in total. The summed E-state index contributed by atoms with van der Waals surface area (Å²) in [6.07, 6.45) is 5.35. The van der Waals surface area contributed by atoms with Crippen LogP contribution in [0.15, 0.2) is 73.2 Å². The zero-order valence-electron chi connectivity index (χ0n) is 16.4. The van der Waals surface area contributed by atoms with Crippen LogP contribution in [0.4, 0.5) is 0 Å². The van der Waals surface area contributed by atoms with E-state index < -0.39 is 0 Å². The number of hydrogen-bond acceptors (Lipinski definition) is 5. The average Bonchev–Trinajstić information content (AvgIpc) is 2.72. The molecular formula is C23H20Cl2N2O4. The third-order valence-electron chi connectivity index (χ3n) is 4.78. The maximum Gasteiger partial charge on any atom is 0.220 e. The summed E-state index contributed by atoms with van der Waals surface area (Å²) in [6, 6.07) is 15.5. The first kappa shape index (κ1) is 23.8. The summed E-state index contributed by atoms with van der Waals surface area (Å²) in [7, 11) is 1.87. The summed E-state index contributed by atoms with van der Waals surface area (Å²) in [5.41, 5.74) is 0.857. The fraction of sp³-hybridized carbons (Fsp3) is 0.0435. The Balaban J connectivity index is 0.000000372. The van der Waals surface area contributed by atoms with E-state index in [1.54, 1.807) is 12.4 Å². The van der Waals surface area contributed by atoms with E-state index in [1.165, 1.54) is 24.3 Å². The van der Waals surface area contributed by atoms with E-state index in [1.807, 2.05) is 48.1 Å². The first-order chi connectivity index (χ1) is 14.0. The van der Waals surface area contributed by atoms with Crippen LogP contribution in [0.25, 0.3) is 32.4 Å². The number of phenols is 4. The van der Waals surface area contributed by atoms with Gasteiger partial charge in [-0.3, -0.25) is 4.98 Å². The number of halogens is 2. The van der Waals surface area contributed by atoms with Crippen LogP contribution in [-0.4, -0.2) is 25.4 Å². The Labute approximate surface area is 190 Å². The smallest absolute Gasteiger partial charge is 0.220 e. The number of hydrogen-bond donors (Lipinski definition) is 4. The molecule has 0 atom stereocenters. The number of aromatic nitrogens is 2. The molecule has 6 nitrogen and oxygen atoms in total. The van der Waals surface area contributed by atoms with Crippen molar-refractivity contribution in [3.05, 3.63) is 73.2 Å². The van der Waals surface area contributed by atoms with Gasteiger partial charge in [-0.25, -0.2) is 0 Å². The van der Waals surface area contributed by atoms with Crippen LogP contribution in [0.1, 0.15) is 0 Å². The second kappa shape index (κ2) is 9.55. The van der Waals surface area contributed by atoms with Crippen LogP contribution in [0.5, 0.6) is 23.0 Å². The van der Waals surface area contributed by atoms with E-state index in [-0.39, 0.29) is 47.8 Å². The predicted molar refractivity (Wildman–Crippen MR) is 118 cm³/mol. The molecule has 0 fully saturated rings. The van der Waals surface area contributed by atoms with Gasteiger partial charge in [-0.2, -0.15) is 4.57 Å². The molecule has 0 bridgehead atoms. The molecular weight excluding hydrogens is 439 g/mol. The van der Waals surface area contributed by atoms with E-state index >= 15 is 0 Å². The van der Waals surface area contributed by atoms with E-state index in [2.05, 4.69) is 4.98 Å². The summed E-state index contributed by atoms with van der Waals surface area (Å²) >= 11 is 0. The SMILES string of the molecule is C[n+]1cc2cc(O)c(O)cc2c2ccc3cc(O)c(O)cc3c21.Cl.[Cl-].c1ccncc1. The van der Waals surface area contributed by atoms with E-state index in [4.69, 9.17) is 0 Å². The van der Waals surface area contributed by atoms with Crippen LogP contribution in [0, 0.1) is 0 Å². The van der Waals surface area contributed by atoms with Gasteiger partial charge in [-0.15, -0.1) is 12.4 Å². The van der Waals surface area contributed by atoms with Gasteiger partial charge in [-0.1, -0.05) is 12.1 Å². The molecule has 5 aromatic rings. The fourth-order valence-corrected chi connectivity index (χ4v) is 3.45. The van der Waals surface area contributed by atoms with Crippen molar-refractivity contribution in [3.63, 3.8) is 0 Å². The van der Waals surface area contributed by atoms with Gasteiger partial charge in [0.05, 0.1) is 16.2 Å². The molecule has 0 unspecified atom stereocenters. The van der Waals surface area contributed by atoms with E-state index in [0.717, 1.165) is 32.4 Å². The van der Waals surface area contributed by atoms with E-state index in [0.29, 0.717) is 0 Å². The van der Waals surface area contributed by atoms with Crippen molar-refractivity contribution in [2.75, 3.05) is 0 Å². The Kier molecular flexibility index (Phi) is 7.33. The highest BCUT2D eigenvalue weighted by Crippen LogP contribution is 2.37. The molecule has 0 aliphatic rings. The lowest BCUT2D eigenvalue weighted by atomic mass is 10.0. The van der Waals surface area contributed by atoms with Gasteiger partial charge in [0.2, 0.25) is 5.52 Å². The Morgan fingerprint density at radius 3 is 1.77 bits per heavy atom. The van der Waals surface area contributed by atoms with Crippen molar-refractivity contribution in [3.8, 4) is 23.0 Å². The maximum atomic E-state index is 9.83. The summed E-state index contributed by atoms with van der Waals surface area (Å²) in [4.78, 5) is 3.78. The van der Waals surface area contributed by atoms with Crippen LogP contribution < -0.4 is 17.0 Å². The van der Waals surface area contributed by atoms with Crippen molar-refractivity contribution in [1.29, 1.82) is 0 Å². The van der Waals surface area contributed by atoms with Crippen molar-refractivity contribution < 1.29 is 37.4 Å².